The van der Waals surface area contributed by atoms with Crippen molar-refractivity contribution in [1.82, 2.24) is 9.80 Å². The van der Waals surface area contributed by atoms with Crippen LogP contribution in [0.25, 0.3) is 21.5 Å². The predicted molar refractivity (Wildman–Crippen MR) is 121 cm³/mol. The van der Waals surface area contributed by atoms with Crippen LogP contribution in [0.3, 0.4) is 0 Å². The van der Waals surface area contributed by atoms with Crippen LogP contribution in [0.1, 0.15) is 6.92 Å². The van der Waals surface area contributed by atoms with Gasteiger partial charge in [-0.15, -0.1) is 0 Å². The fourth-order valence-corrected chi connectivity index (χ4v) is 3.23. The van der Waals surface area contributed by atoms with Gasteiger partial charge in [-0.1, -0.05) is 6.07 Å². The van der Waals surface area contributed by atoms with Gasteiger partial charge in [0.2, 0.25) is 0 Å². The average molecular weight is 397 g/mol. The molecule has 3 aromatic carbocycles. The summed E-state index contributed by atoms with van der Waals surface area (Å²) in [5.41, 5.74) is 0. The zero-order valence-corrected chi connectivity index (χ0v) is 18.2. The Balaban J connectivity index is 1.94. The van der Waals surface area contributed by atoms with Gasteiger partial charge in [-0.25, -0.2) is 0 Å². The van der Waals surface area contributed by atoms with E-state index in [4.69, 9.17) is 14.2 Å². The predicted octanol–water partition coefficient (Wildman–Crippen LogP) is 4.27. The van der Waals surface area contributed by atoms with E-state index in [1.54, 1.807) is 0 Å². The summed E-state index contributed by atoms with van der Waals surface area (Å²) in [6.45, 7) is 5.71. The molecule has 0 saturated carbocycles. The smallest absolute Gasteiger partial charge is 0.127 e. The van der Waals surface area contributed by atoms with Crippen molar-refractivity contribution in [3.05, 3.63) is 42.5 Å². The molecule has 0 N–H and O–H groups in total. The van der Waals surface area contributed by atoms with Crippen LogP contribution in [0.2, 0.25) is 0 Å². The monoisotopic (exact) mass is 396 g/mol. The summed E-state index contributed by atoms with van der Waals surface area (Å²) in [7, 11) is 8.18. The van der Waals surface area contributed by atoms with E-state index >= 15 is 0 Å². The maximum absolute atomic E-state index is 5.97. The Morgan fingerprint density at radius 1 is 0.655 bits per heavy atom. The Morgan fingerprint density at radius 3 is 1.83 bits per heavy atom. The Bertz CT molecular complexity index is 954. The van der Waals surface area contributed by atoms with E-state index < -0.39 is 0 Å². The van der Waals surface area contributed by atoms with Crippen molar-refractivity contribution in [1.29, 1.82) is 0 Å². The second-order valence-corrected chi connectivity index (χ2v) is 7.70. The Labute approximate surface area is 173 Å². The minimum atomic E-state index is 0.616. The standard InChI is InChI=1S/C24H32N2O3/c1-6-27-24-16-18-15-19(28-13-11-25(2)3)7-9-21(18)22-10-8-20(17-23(22)24)29-14-12-26(4)5/h7-10,15-17H,6,11-14H2,1-5H3. The fraction of sp³-hybridized carbons (Fsp3) is 0.417. The van der Waals surface area contributed by atoms with Crippen molar-refractivity contribution in [2.24, 2.45) is 0 Å². The molecule has 0 radical (unpaired) electrons. The molecule has 0 fully saturated rings. The molecule has 5 heteroatoms. The van der Waals surface area contributed by atoms with Gasteiger partial charge in [0.15, 0.2) is 0 Å². The van der Waals surface area contributed by atoms with Crippen molar-refractivity contribution < 1.29 is 14.2 Å². The number of fused-ring (bicyclic) bond motifs is 3. The third-order valence-corrected chi connectivity index (χ3v) is 4.77. The lowest BCUT2D eigenvalue weighted by Gasteiger charge is -2.15. The van der Waals surface area contributed by atoms with Crippen LogP contribution in [-0.2, 0) is 0 Å². The highest BCUT2D eigenvalue weighted by Gasteiger charge is 2.10. The van der Waals surface area contributed by atoms with Crippen molar-refractivity contribution in [2.75, 3.05) is 61.1 Å². The lowest BCUT2D eigenvalue weighted by atomic mass is 10.0. The first kappa shape index (κ1) is 21.2. The van der Waals surface area contributed by atoms with Crippen LogP contribution in [0.15, 0.2) is 42.5 Å². The maximum atomic E-state index is 5.97. The second kappa shape index (κ2) is 9.81. The summed E-state index contributed by atoms with van der Waals surface area (Å²) < 4.78 is 17.8. The first-order valence-electron chi connectivity index (χ1n) is 10.2. The number of nitrogens with zero attached hydrogens (tertiary/aromatic N) is 2. The summed E-state index contributed by atoms with van der Waals surface area (Å²) in [6, 6.07) is 14.6. The fourth-order valence-electron chi connectivity index (χ4n) is 3.23. The van der Waals surface area contributed by atoms with E-state index in [1.807, 2.05) is 47.2 Å². The van der Waals surface area contributed by atoms with Gasteiger partial charge in [-0.05, 0) is 87.7 Å². The number of hydrogen-bond acceptors (Lipinski definition) is 5. The molecule has 0 heterocycles. The van der Waals surface area contributed by atoms with Crippen molar-refractivity contribution >= 4 is 21.5 Å². The first-order chi connectivity index (χ1) is 14.0. The van der Waals surface area contributed by atoms with E-state index in [9.17, 15) is 0 Å². The molecule has 0 saturated heterocycles. The van der Waals surface area contributed by atoms with Gasteiger partial charge in [0.05, 0.1) is 6.61 Å². The largest absolute Gasteiger partial charge is 0.493 e. The van der Waals surface area contributed by atoms with Gasteiger partial charge in [-0.2, -0.15) is 0 Å². The normalized spacial score (nSPS) is 11.6. The molecule has 0 atom stereocenters. The molecule has 0 aromatic heterocycles. The van der Waals surface area contributed by atoms with Crippen molar-refractivity contribution in [3.8, 4) is 17.2 Å². The lowest BCUT2D eigenvalue weighted by molar-refractivity contribution is 0.261. The molecule has 0 unspecified atom stereocenters. The molecule has 29 heavy (non-hydrogen) atoms. The van der Waals surface area contributed by atoms with Gasteiger partial charge >= 0.3 is 0 Å². The average Bonchev–Trinajstić information content (AvgIpc) is 2.67. The highest BCUT2D eigenvalue weighted by Crippen LogP contribution is 2.37. The van der Waals surface area contributed by atoms with E-state index in [0.717, 1.165) is 46.5 Å². The number of hydrogen-bond donors (Lipinski definition) is 0. The summed E-state index contributed by atoms with van der Waals surface area (Å²) in [5, 5.41) is 4.53. The zero-order chi connectivity index (χ0) is 20.8. The van der Waals surface area contributed by atoms with Gasteiger partial charge in [0.1, 0.15) is 30.5 Å². The van der Waals surface area contributed by atoms with E-state index in [2.05, 4.69) is 40.1 Å². The van der Waals surface area contributed by atoms with Crippen LogP contribution in [0.5, 0.6) is 17.2 Å². The Morgan fingerprint density at radius 2 is 1.24 bits per heavy atom. The van der Waals surface area contributed by atoms with Gasteiger partial charge in [0, 0.05) is 18.5 Å². The van der Waals surface area contributed by atoms with E-state index in [0.29, 0.717) is 19.8 Å². The quantitative estimate of drug-likeness (QED) is 0.478. The van der Waals surface area contributed by atoms with Crippen LogP contribution < -0.4 is 14.2 Å². The molecule has 5 nitrogen and oxygen atoms in total. The molecular formula is C24H32N2O3. The minimum Gasteiger partial charge on any atom is -0.493 e. The third-order valence-electron chi connectivity index (χ3n) is 4.77. The van der Waals surface area contributed by atoms with Crippen LogP contribution >= 0.6 is 0 Å². The highest BCUT2D eigenvalue weighted by atomic mass is 16.5. The number of ether oxygens (including phenoxy) is 3. The minimum absolute atomic E-state index is 0.616. The van der Waals surface area contributed by atoms with Gasteiger partial charge in [0.25, 0.3) is 0 Å². The molecule has 0 amide bonds. The zero-order valence-electron chi connectivity index (χ0n) is 18.2. The van der Waals surface area contributed by atoms with Crippen molar-refractivity contribution in [3.63, 3.8) is 0 Å². The third kappa shape index (κ3) is 5.52. The maximum Gasteiger partial charge on any atom is 0.127 e. The Hall–Kier alpha value is -2.50. The molecule has 3 rings (SSSR count). The summed E-state index contributed by atoms with van der Waals surface area (Å²) in [6.07, 6.45) is 0. The van der Waals surface area contributed by atoms with Crippen LogP contribution in [-0.4, -0.2) is 70.9 Å². The molecular weight excluding hydrogens is 364 g/mol. The van der Waals surface area contributed by atoms with Crippen molar-refractivity contribution in [2.45, 2.75) is 6.92 Å². The topological polar surface area (TPSA) is 34.2 Å². The molecule has 156 valence electrons. The van der Waals surface area contributed by atoms with Crippen LogP contribution in [0, 0.1) is 0 Å². The van der Waals surface area contributed by atoms with E-state index in [1.165, 1.54) is 5.39 Å². The second-order valence-electron chi connectivity index (χ2n) is 7.70. The molecule has 0 aliphatic heterocycles. The number of likely N-dealkylation sites (N-methyl/N-ethyl adjacent to an activating group) is 2. The van der Waals surface area contributed by atoms with Gasteiger partial charge in [-0.3, -0.25) is 0 Å². The molecule has 0 aliphatic carbocycles. The molecule has 0 spiro atoms. The summed E-state index contributed by atoms with van der Waals surface area (Å²) in [5.74, 6) is 2.62. The molecule has 3 aromatic rings. The number of benzene rings is 3. The first-order valence-corrected chi connectivity index (χ1v) is 10.2. The lowest BCUT2D eigenvalue weighted by Crippen LogP contribution is -2.19. The molecule has 0 bridgehead atoms. The molecule has 0 aliphatic rings. The van der Waals surface area contributed by atoms with Gasteiger partial charge < -0.3 is 24.0 Å². The summed E-state index contributed by atoms with van der Waals surface area (Å²) in [4.78, 5) is 4.22. The highest BCUT2D eigenvalue weighted by molar-refractivity contribution is 6.11. The van der Waals surface area contributed by atoms with Crippen LogP contribution in [0.4, 0.5) is 0 Å². The Kier molecular flexibility index (Phi) is 7.18. The SMILES string of the molecule is CCOc1cc2cc(OCCN(C)C)ccc2c2ccc(OCCN(C)C)cc12. The summed E-state index contributed by atoms with van der Waals surface area (Å²) >= 11 is 0. The number of rotatable bonds is 10. The van der Waals surface area contributed by atoms with E-state index in [-0.39, 0.29) is 0 Å².